The van der Waals surface area contributed by atoms with E-state index in [0.717, 1.165) is 5.56 Å². The van der Waals surface area contributed by atoms with Crippen LogP contribution in [0.3, 0.4) is 0 Å². The third kappa shape index (κ3) is 4.03. The molecule has 2 aromatic rings. The minimum atomic E-state index is -1.14. The van der Waals surface area contributed by atoms with Gasteiger partial charge in [-0.1, -0.05) is 42.5 Å². The van der Waals surface area contributed by atoms with Crippen molar-refractivity contribution in [2.24, 2.45) is 0 Å². The first-order valence-corrected chi connectivity index (χ1v) is 7.96. The molecule has 25 heavy (non-hydrogen) atoms. The smallest absolute Gasteiger partial charge is 0.252 e. The molecule has 0 bridgehead atoms. The molecule has 0 radical (unpaired) electrons. The van der Waals surface area contributed by atoms with E-state index in [-0.39, 0.29) is 31.2 Å². The number of anilines is 1. The summed E-state index contributed by atoms with van der Waals surface area (Å²) in [4.78, 5) is 36.5. The Labute approximate surface area is 145 Å². The van der Waals surface area contributed by atoms with Crippen LogP contribution in [-0.4, -0.2) is 28.7 Å². The van der Waals surface area contributed by atoms with Gasteiger partial charge in [0.15, 0.2) is 0 Å². The Hall–Kier alpha value is -3.15. The van der Waals surface area contributed by atoms with Gasteiger partial charge in [-0.25, -0.2) is 0 Å². The van der Waals surface area contributed by atoms with Crippen molar-refractivity contribution in [2.75, 3.05) is 5.32 Å². The fourth-order valence-electron chi connectivity index (χ4n) is 2.81. The van der Waals surface area contributed by atoms with Gasteiger partial charge in [-0.05, 0) is 23.3 Å². The van der Waals surface area contributed by atoms with E-state index in [1.165, 1.54) is 4.90 Å². The predicted molar refractivity (Wildman–Crippen MR) is 89.2 cm³/mol. The lowest BCUT2D eigenvalue weighted by molar-refractivity contribution is -0.304. The molecule has 6 heteroatoms. The average Bonchev–Trinajstić information content (AvgIpc) is 2.85. The van der Waals surface area contributed by atoms with E-state index in [0.29, 0.717) is 11.3 Å². The van der Waals surface area contributed by atoms with E-state index in [1.54, 1.807) is 24.3 Å². The molecule has 0 saturated carbocycles. The Morgan fingerprint density at radius 3 is 2.36 bits per heavy atom. The SMILES string of the molecule is O=C([O-])Cc1ccc(N[C@@H]2CC(=O)N(Cc3ccccc3)C2=O)cc1. The molecule has 6 nitrogen and oxygen atoms in total. The summed E-state index contributed by atoms with van der Waals surface area (Å²) in [5, 5.41) is 13.6. The molecule has 1 fully saturated rings. The van der Waals surface area contributed by atoms with E-state index >= 15 is 0 Å². The number of rotatable bonds is 6. The van der Waals surface area contributed by atoms with E-state index in [2.05, 4.69) is 5.32 Å². The number of carbonyl (C=O) groups excluding carboxylic acids is 3. The van der Waals surface area contributed by atoms with Crippen LogP contribution in [0.25, 0.3) is 0 Å². The third-order valence-corrected chi connectivity index (χ3v) is 4.07. The standard InChI is InChI=1S/C19H18N2O4/c22-17-11-16(19(25)21(17)12-14-4-2-1-3-5-14)20-15-8-6-13(7-9-15)10-18(23)24/h1-9,16,20H,10-12H2,(H,23,24)/p-1/t16-/m1/s1. The lowest BCUT2D eigenvalue weighted by atomic mass is 10.1. The highest BCUT2D eigenvalue weighted by atomic mass is 16.4. The summed E-state index contributed by atoms with van der Waals surface area (Å²) in [7, 11) is 0. The van der Waals surface area contributed by atoms with Crippen LogP contribution in [0.1, 0.15) is 17.5 Å². The van der Waals surface area contributed by atoms with Crippen molar-refractivity contribution < 1.29 is 19.5 Å². The molecule has 0 unspecified atom stereocenters. The first-order valence-electron chi connectivity index (χ1n) is 7.96. The summed E-state index contributed by atoms with van der Waals surface area (Å²) in [6.45, 7) is 0.265. The van der Waals surface area contributed by atoms with Crippen LogP contribution in [0.2, 0.25) is 0 Å². The van der Waals surface area contributed by atoms with Gasteiger partial charge in [-0.3, -0.25) is 14.5 Å². The lowest BCUT2D eigenvalue weighted by Gasteiger charge is -2.16. The molecule has 1 N–H and O–H groups in total. The van der Waals surface area contributed by atoms with Crippen molar-refractivity contribution in [3.8, 4) is 0 Å². The van der Waals surface area contributed by atoms with Crippen LogP contribution in [0.15, 0.2) is 54.6 Å². The van der Waals surface area contributed by atoms with E-state index in [9.17, 15) is 19.5 Å². The van der Waals surface area contributed by atoms with Crippen LogP contribution in [-0.2, 0) is 27.3 Å². The monoisotopic (exact) mass is 337 g/mol. The zero-order valence-electron chi connectivity index (χ0n) is 13.5. The molecular weight excluding hydrogens is 320 g/mol. The highest BCUT2D eigenvalue weighted by Crippen LogP contribution is 2.21. The van der Waals surface area contributed by atoms with Gasteiger partial charge in [0, 0.05) is 18.1 Å². The number of nitrogens with one attached hydrogen (secondary N) is 1. The molecule has 0 aromatic heterocycles. The number of likely N-dealkylation sites (tertiary alicyclic amines) is 1. The highest BCUT2D eigenvalue weighted by Gasteiger charge is 2.38. The molecule has 1 aliphatic heterocycles. The number of nitrogens with zero attached hydrogens (tertiary/aromatic N) is 1. The molecule has 1 atom stereocenters. The van der Waals surface area contributed by atoms with Crippen LogP contribution in [0, 0.1) is 0 Å². The number of amides is 2. The van der Waals surface area contributed by atoms with Crippen LogP contribution < -0.4 is 10.4 Å². The first kappa shape index (κ1) is 16.7. The van der Waals surface area contributed by atoms with Gasteiger partial charge in [-0.2, -0.15) is 0 Å². The second-order valence-electron chi connectivity index (χ2n) is 5.95. The Kier molecular flexibility index (Phi) is 4.79. The summed E-state index contributed by atoms with van der Waals surface area (Å²) < 4.78 is 0. The van der Waals surface area contributed by atoms with Crippen molar-refractivity contribution in [3.05, 3.63) is 65.7 Å². The van der Waals surface area contributed by atoms with Gasteiger partial charge in [0.05, 0.1) is 13.0 Å². The topological polar surface area (TPSA) is 89.5 Å². The van der Waals surface area contributed by atoms with Gasteiger partial charge in [-0.15, -0.1) is 0 Å². The summed E-state index contributed by atoms with van der Waals surface area (Å²) in [5.74, 6) is -1.61. The van der Waals surface area contributed by atoms with E-state index in [1.807, 2.05) is 30.3 Å². The molecule has 0 aliphatic carbocycles. The van der Waals surface area contributed by atoms with Gasteiger partial charge in [0.2, 0.25) is 5.91 Å². The number of aliphatic carboxylic acids is 1. The number of carboxylic acid groups (broad SMARTS) is 1. The van der Waals surface area contributed by atoms with Gasteiger partial charge < -0.3 is 15.2 Å². The maximum atomic E-state index is 12.5. The van der Waals surface area contributed by atoms with Crippen molar-refractivity contribution in [1.29, 1.82) is 0 Å². The Morgan fingerprint density at radius 1 is 1.04 bits per heavy atom. The quantitative estimate of drug-likeness (QED) is 0.785. The number of benzene rings is 2. The number of hydrogen-bond acceptors (Lipinski definition) is 5. The fourth-order valence-corrected chi connectivity index (χ4v) is 2.81. The average molecular weight is 337 g/mol. The Bertz CT molecular complexity index is 787. The zero-order valence-corrected chi connectivity index (χ0v) is 13.5. The first-order chi connectivity index (χ1) is 12.0. The molecule has 2 amide bonds. The number of imide groups is 1. The summed E-state index contributed by atoms with van der Waals surface area (Å²) in [6.07, 6.45) is -0.0571. The Morgan fingerprint density at radius 2 is 1.72 bits per heavy atom. The summed E-state index contributed by atoms with van der Waals surface area (Å²) >= 11 is 0. The molecule has 2 aromatic carbocycles. The lowest BCUT2D eigenvalue weighted by Crippen LogP contribution is -2.34. The van der Waals surface area contributed by atoms with Crippen molar-refractivity contribution in [2.45, 2.75) is 25.4 Å². The molecule has 1 heterocycles. The number of hydrogen-bond donors (Lipinski definition) is 1. The van der Waals surface area contributed by atoms with Gasteiger partial charge in [0.1, 0.15) is 6.04 Å². The van der Waals surface area contributed by atoms with Crippen LogP contribution >= 0.6 is 0 Å². The third-order valence-electron chi connectivity index (χ3n) is 4.07. The van der Waals surface area contributed by atoms with Crippen LogP contribution in [0.5, 0.6) is 0 Å². The fraction of sp³-hybridized carbons (Fsp3) is 0.211. The molecular formula is C19H17N2O4-. The van der Waals surface area contributed by atoms with E-state index in [4.69, 9.17) is 0 Å². The van der Waals surface area contributed by atoms with Crippen molar-refractivity contribution in [1.82, 2.24) is 4.90 Å². The minimum Gasteiger partial charge on any atom is -0.550 e. The normalized spacial score (nSPS) is 17.0. The minimum absolute atomic E-state index is 0.104. The summed E-state index contributed by atoms with van der Waals surface area (Å²) in [5.41, 5.74) is 2.18. The second kappa shape index (κ2) is 7.17. The van der Waals surface area contributed by atoms with Crippen molar-refractivity contribution in [3.63, 3.8) is 0 Å². The predicted octanol–water partition coefficient (Wildman–Crippen LogP) is 0.719. The molecule has 3 rings (SSSR count). The van der Waals surface area contributed by atoms with Gasteiger partial charge in [0.25, 0.3) is 5.91 Å². The van der Waals surface area contributed by atoms with E-state index < -0.39 is 12.0 Å². The van der Waals surface area contributed by atoms with Crippen LogP contribution in [0.4, 0.5) is 5.69 Å². The zero-order chi connectivity index (χ0) is 17.8. The maximum Gasteiger partial charge on any atom is 0.252 e. The second-order valence-corrected chi connectivity index (χ2v) is 5.95. The largest absolute Gasteiger partial charge is 0.550 e. The molecule has 1 saturated heterocycles. The van der Waals surface area contributed by atoms with Crippen molar-refractivity contribution >= 4 is 23.5 Å². The van der Waals surface area contributed by atoms with Gasteiger partial charge >= 0.3 is 0 Å². The molecule has 0 spiro atoms. The molecule has 128 valence electrons. The number of carboxylic acids is 1. The molecule has 1 aliphatic rings. The Balaban J connectivity index is 1.65. The summed E-state index contributed by atoms with van der Waals surface area (Å²) in [6, 6.07) is 15.4. The number of carbonyl (C=O) groups is 3. The highest BCUT2D eigenvalue weighted by molar-refractivity contribution is 6.06. The maximum absolute atomic E-state index is 12.5.